The predicted molar refractivity (Wildman–Crippen MR) is 128 cm³/mol. The Morgan fingerprint density at radius 1 is 0.970 bits per heavy atom. The van der Waals surface area contributed by atoms with Gasteiger partial charge in [0.2, 0.25) is 0 Å². The van der Waals surface area contributed by atoms with Gasteiger partial charge >= 0.3 is 0 Å². The van der Waals surface area contributed by atoms with Gasteiger partial charge in [-0.1, -0.05) is 12.1 Å². The number of anilines is 2. The van der Waals surface area contributed by atoms with Gasteiger partial charge in [0.1, 0.15) is 11.5 Å². The van der Waals surface area contributed by atoms with E-state index in [-0.39, 0.29) is 22.1 Å². The average Bonchev–Trinajstić information content (AvgIpc) is 2.89. The molecule has 0 saturated carbocycles. The fourth-order valence-electron chi connectivity index (χ4n) is 3.96. The summed E-state index contributed by atoms with van der Waals surface area (Å²) in [5.74, 6) is 1.37. The molecule has 0 fully saturated rings. The molecule has 1 N–H and O–H groups in total. The number of nitrogens with one attached hydrogen (secondary N) is 1. The number of rotatable bonds is 6. The zero-order chi connectivity index (χ0) is 23.8. The molecule has 4 rings (SSSR count). The lowest BCUT2D eigenvalue weighted by Crippen LogP contribution is -2.29. The highest BCUT2D eigenvalue weighted by molar-refractivity contribution is 7.92. The van der Waals surface area contributed by atoms with Gasteiger partial charge in [-0.2, -0.15) is 0 Å². The molecule has 0 unspecified atom stereocenters. The van der Waals surface area contributed by atoms with Crippen LogP contribution in [-0.2, 0) is 10.0 Å². The molecule has 0 aliphatic carbocycles. The summed E-state index contributed by atoms with van der Waals surface area (Å²) in [5.41, 5.74) is 2.70. The first-order valence-corrected chi connectivity index (χ1v) is 12.2. The lowest BCUT2D eigenvalue weighted by molar-refractivity contribution is 0.0988. The number of hydrogen-bond acceptors (Lipinski definition) is 5. The molecule has 1 aliphatic rings. The van der Waals surface area contributed by atoms with Crippen LogP contribution in [0, 0.1) is 13.8 Å². The minimum absolute atomic E-state index is 0.126. The van der Waals surface area contributed by atoms with Gasteiger partial charge in [-0.25, -0.2) is 8.42 Å². The highest BCUT2D eigenvalue weighted by Crippen LogP contribution is 2.39. The monoisotopic (exact) mass is 466 g/mol. The third-order valence-corrected chi connectivity index (χ3v) is 6.79. The Morgan fingerprint density at radius 3 is 2.33 bits per heavy atom. The lowest BCUT2D eigenvalue weighted by Gasteiger charge is -2.20. The van der Waals surface area contributed by atoms with E-state index in [0.29, 0.717) is 36.1 Å². The van der Waals surface area contributed by atoms with Crippen LogP contribution in [0.15, 0.2) is 59.5 Å². The first-order valence-electron chi connectivity index (χ1n) is 10.7. The van der Waals surface area contributed by atoms with E-state index >= 15 is 0 Å². The van der Waals surface area contributed by atoms with E-state index in [0.717, 1.165) is 11.1 Å². The summed E-state index contributed by atoms with van der Waals surface area (Å²) in [4.78, 5) is 15.0. The number of aryl methyl sites for hydroxylation is 2. The second-order valence-electron chi connectivity index (χ2n) is 7.75. The molecule has 1 amide bonds. The smallest absolute Gasteiger partial charge is 0.262 e. The van der Waals surface area contributed by atoms with Crippen molar-refractivity contribution >= 4 is 27.3 Å². The van der Waals surface area contributed by atoms with Gasteiger partial charge in [-0.05, 0) is 81.3 Å². The number of benzene rings is 3. The molecule has 3 aromatic carbocycles. The van der Waals surface area contributed by atoms with Crippen molar-refractivity contribution in [2.24, 2.45) is 0 Å². The fourth-order valence-corrected chi connectivity index (χ4v) is 5.17. The van der Waals surface area contributed by atoms with Crippen molar-refractivity contribution < 1.29 is 22.7 Å². The van der Waals surface area contributed by atoms with Crippen LogP contribution >= 0.6 is 0 Å². The van der Waals surface area contributed by atoms with E-state index in [9.17, 15) is 13.2 Å². The Hall–Kier alpha value is -3.52. The van der Waals surface area contributed by atoms with Crippen LogP contribution in [0.3, 0.4) is 0 Å². The highest BCUT2D eigenvalue weighted by Gasteiger charge is 2.28. The van der Waals surface area contributed by atoms with Crippen LogP contribution in [0.1, 0.15) is 35.3 Å². The Morgan fingerprint density at radius 2 is 1.67 bits per heavy atom. The lowest BCUT2D eigenvalue weighted by atomic mass is 10.1. The molecule has 33 heavy (non-hydrogen) atoms. The molecule has 0 spiro atoms. The molecule has 0 atom stereocenters. The molecule has 7 nitrogen and oxygen atoms in total. The molecule has 1 aliphatic heterocycles. The molecule has 8 heteroatoms. The van der Waals surface area contributed by atoms with Crippen molar-refractivity contribution in [3.8, 4) is 17.2 Å². The first kappa shape index (κ1) is 22.7. The number of sulfonamides is 1. The van der Waals surface area contributed by atoms with Crippen LogP contribution in [-0.4, -0.2) is 27.5 Å². The summed E-state index contributed by atoms with van der Waals surface area (Å²) in [6.07, 6.45) is 0. The molecule has 0 aromatic heterocycles. The Bertz CT molecular complexity index is 1310. The van der Waals surface area contributed by atoms with Gasteiger partial charge in [0, 0.05) is 12.2 Å². The molecule has 0 saturated heterocycles. The van der Waals surface area contributed by atoms with Gasteiger partial charge in [-0.15, -0.1) is 0 Å². The predicted octanol–water partition coefficient (Wildman–Crippen LogP) is 5.28. The molecule has 3 aromatic rings. The Kier molecular flexibility index (Phi) is 6.03. The minimum Gasteiger partial charge on any atom is -0.493 e. The summed E-state index contributed by atoms with van der Waals surface area (Å²) >= 11 is 0. The zero-order valence-electron chi connectivity index (χ0n) is 19.0. The summed E-state index contributed by atoms with van der Waals surface area (Å²) in [5, 5.41) is 0. The number of fused-ring (bicyclic) bond motifs is 2. The maximum Gasteiger partial charge on any atom is 0.262 e. The van der Waals surface area contributed by atoms with Crippen LogP contribution in [0.5, 0.6) is 17.2 Å². The van der Waals surface area contributed by atoms with Gasteiger partial charge < -0.3 is 14.4 Å². The second-order valence-corrected chi connectivity index (χ2v) is 9.44. The fraction of sp³-hybridized carbons (Fsp3) is 0.240. The van der Waals surface area contributed by atoms with E-state index in [1.54, 1.807) is 35.2 Å². The third kappa shape index (κ3) is 4.26. The van der Waals surface area contributed by atoms with Crippen molar-refractivity contribution in [1.82, 2.24) is 0 Å². The number of carbonyl (C=O) groups excluding carboxylic acids is 1. The largest absolute Gasteiger partial charge is 0.493 e. The number of ether oxygens (including phenoxy) is 2. The highest BCUT2D eigenvalue weighted by atomic mass is 32.2. The number of carbonyl (C=O) groups is 1. The topological polar surface area (TPSA) is 84.9 Å². The summed E-state index contributed by atoms with van der Waals surface area (Å²) in [6, 6.07) is 15.2. The maximum atomic E-state index is 13.3. The Labute approximate surface area is 194 Å². The molecule has 0 radical (unpaired) electrons. The van der Waals surface area contributed by atoms with E-state index in [2.05, 4.69) is 4.72 Å². The first-order chi connectivity index (χ1) is 15.7. The quantitative estimate of drug-likeness (QED) is 0.535. The van der Waals surface area contributed by atoms with E-state index in [1.165, 1.54) is 6.07 Å². The molecular weight excluding hydrogens is 440 g/mol. The summed E-state index contributed by atoms with van der Waals surface area (Å²) < 4.78 is 40.4. The Balaban J connectivity index is 1.69. The van der Waals surface area contributed by atoms with Crippen molar-refractivity contribution in [3.63, 3.8) is 0 Å². The number of nitrogens with zero attached hydrogens (tertiary/aromatic N) is 1. The van der Waals surface area contributed by atoms with E-state index in [4.69, 9.17) is 9.47 Å². The van der Waals surface area contributed by atoms with E-state index < -0.39 is 10.0 Å². The molecule has 1 heterocycles. The van der Waals surface area contributed by atoms with Gasteiger partial charge in [0.25, 0.3) is 15.9 Å². The van der Waals surface area contributed by atoms with Gasteiger partial charge in [0.05, 0.1) is 22.8 Å². The summed E-state index contributed by atoms with van der Waals surface area (Å²) in [7, 11) is -3.89. The number of amides is 1. The minimum atomic E-state index is -3.89. The van der Waals surface area contributed by atoms with Crippen molar-refractivity contribution in [2.75, 3.05) is 22.8 Å². The number of para-hydroxylation sites is 2. The number of hydrogen-bond donors (Lipinski definition) is 1. The van der Waals surface area contributed by atoms with Crippen LogP contribution in [0.25, 0.3) is 0 Å². The van der Waals surface area contributed by atoms with E-state index in [1.807, 2.05) is 45.9 Å². The van der Waals surface area contributed by atoms with Crippen molar-refractivity contribution in [3.05, 3.63) is 71.3 Å². The third-order valence-electron chi connectivity index (χ3n) is 5.43. The molecular formula is C25H26N2O5S. The summed E-state index contributed by atoms with van der Waals surface area (Å²) in [6.45, 7) is 8.32. The zero-order valence-corrected chi connectivity index (χ0v) is 19.8. The standard InChI is InChI=1S/C25H26N2O5S/c1-5-27-21-9-7-8-10-23(21)32-22-12-11-18(15-20(22)25(27)28)26-33(29,30)19-13-16(3)24(31-6-2)17(4)14-19/h7-15,26H,5-6H2,1-4H3. The SMILES string of the molecule is CCOc1c(C)cc(S(=O)(=O)Nc2ccc3c(c2)C(=O)N(CC)c2ccccc2O3)cc1C. The van der Waals surface area contributed by atoms with Crippen LogP contribution in [0.2, 0.25) is 0 Å². The second kappa shape index (κ2) is 8.78. The van der Waals surface area contributed by atoms with Crippen molar-refractivity contribution in [2.45, 2.75) is 32.6 Å². The van der Waals surface area contributed by atoms with Crippen LogP contribution in [0.4, 0.5) is 11.4 Å². The normalized spacial score (nSPS) is 13.0. The van der Waals surface area contributed by atoms with Gasteiger partial charge in [0.15, 0.2) is 5.75 Å². The molecule has 172 valence electrons. The van der Waals surface area contributed by atoms with Crippen LogP contribution < -0.4 is 19.1 Å². The maximum absolute atomic E-state index is 13.3. The average molecular weight is 467 g/mol. The molecule has 0 bridgehead atoms. The van der Waals surface area contributed by atoms with Gasteiger partial charge in [-0.3, -0.25) is 9.52 Å². The van der Waals surface area contributed by atoms with Crippen molar-refractivity contribution in [1.29, 1.82) is 0 Å².